The smallest absolute Gasteiger partial charge is 0.262 e. The van der Waals surface area contributed by atoms with E-state index in [1.807, 2.05) is 24.0 Å². The Kier molecular flexibility index (Phi) is 5.90. The maximum absolute atomic E-state index is 12.9. The monoisotopic (exact) mass is 410 g/mol. The van der Waals surface area contributed by atoms with Gasteiger partial charge in [0.05, 0.1) is 20.3 Å². The van der Waals surface area contributed by atoms with Gasteiger partial charge in [-0.25, -0.2) is 0 Å². The van der Waals surface area contributed by atoms with Gasteiger partial charge in [0.2, 0.25) is 0 Å². The topological polar surface area (TPSA) is 77.1 Å². The van der Waals surface area contributed by atoms with Gasteiger partial charge in [-0.2, -0.15) is 0 Å². The minimum atomic E-state index is -0.286. The lowest BCUT2D eigenvalue weighted by Crippen LogP contribution is -2.30. The molecule has 2 heterocycles. The molecule has 0 saturated carbocycles. The number of benzene rings is 2. The summed E-state index contributed by atoms with van der Waals surface area (Å²) >= 11 is 0. The Balaban J connectivity index is 1.36. The van der Waals surface area contributed by atoms with Crippen LogP contribution in [0.2, 0.25) is 0 Å². The highest BCUT2D eigenvalue weighted by Gasteiger charge is 2.39. The van der Waals surface area contributed by atoms with Gasteiger partial charge in [-0.05, 0) is 48.9 Å². The fourth-order valence-electron chi connectivity index (χ4n) is 3.93. The lowest BCUT2D eigenvalue weighted by Gasteiger charge is -2.18. The molecule has 30 heavy (non-hydrogen) atoms. The van der Waals surface area contributed by atoms with Crippen molar-refractivity contribution in [2.45, 2.75) is 6.92 Å². The van der Waals surface area contributed by atoms with E-state index >= 15 is 0 Å². The number of hydrogen-bond donors (Lipinski definition) is 1. The van der Waals surface area contributed by atoms with E-state index in [0.717, 1.165) is 37.6 Å². The maximum atomic E-state index is 12.9. The summed E-state index contributed by atoms with van der Waals surface area (Å²) in [5.41, 5.74) is 2.08. The average Bonchev–Trinajstić information content (AvgIpc) is 3.36. The Morgan fingerprint density at radius 1 is 1.07 bits per heavy atom. The Bertz CT molecular complexity index is 916. The third kappa shape index (κ3) is 4.41. The summed E-state index contributed by atoms with van der Waals surface area (Å²) in [7, 11) is 1.59. The number of nitrogens with zero attached hydrogens (tertiary/aromatic N) is 1. The first-order valence-electron chi connectivity index (χ1n) is 10.1. The molecule has 0 unspecified atom stereocenters. The van der Waals surface area contributed by atoms with Gasteiger partial charge in [-0.15, -0.1) is 0 Å². The molecule has 0 aromatic heterocycles. The molecule has 0 bridgehead atoms. The van der Waals surface area contributed by atoms with E-state index in [-0.39, 0.29) is 18.4 Å². The fourth-order valence-corrected chi connectivity index (χ4v) is 3.93. The van der Waals surface area contributed by atoms with Gasteiger partial charge in [0.15, 0.2) is 6.61 Å². The minimum Gasteiger partial charge on any atom is -0.497 e. The van der Waals surface area contributed by atoms with Crippen molar-refractivity contribution in [3.8, 4) is 11.5 Å². The predicted molar refractivity (Wildman–Crippen MR) is 112 cm³/mol. The summed E-state index contributed by atoms with van der Waals surface area (Å²) < 4.78 is 16.1. The molecular formula is C23H26N2O5. The summed E-state index contributed by atoms with van der Waals surface area (Å²) in [5, 5.41) is 2.85. The van der Waals surface area contributed by atoms with E-state index in [9.17, 15) is 9.59 Å². The first kappa shape index (κ1) is 20.2. The van der Waals surface area contributed by atoms with E-state index in [1.165, 1.54) is 0 Å². The summed E-state index contributed by atoms with van der Waals surface area (Å²) in [4.78, 5) is 27.2. The van der Waals surface area contributed by atoms with Crippen molar-refractivity contribution >= 4 is 17.5 Å². The van der Waals surface area contributed by atoms with Crippen molar-refractivity contribution in [1.82, 2.24) is 4.90 Å². The zero-order valence-electron chi connectivity index (χ0n) is 17.2. The van der Waals surface area contributed by atoms with Crippen molar-refractivity contribution in [1.29, 1.82) is 0 Å². The second-order valence-corrected chi connectivity index (χ2v) is 7.81. The van der Waals surface area contributed by atoms with Crippen LogP contribution in [0.15, 0.2) is 42.5 Å². The normalized spacial score (nSPS) is 20.0. The van der Waals surface area contributed by atoms with E-state index in [4.69, 9.17) is 14.2 Å². The largest absolute Gasteiger partial charge is 0.497 e. The maximum Gasteiger partial charge on any atom is 0.262 e. The number of nitrogens with one attached hydrogen (secondary N) is 1. The van der Waals surface area contributed by atoms with E-state index in [0.29, 0.717) is 28.8 Å². The molecule has 2 fully saturated rings. The molecule has 0 spiro atoms. The van der Waals surface area contributed by atoms with Crippen LogP contribution in [0.5, 0.6) is 11.5 Å². The van der Waals surface area contributed by atoms with Crippen molar-refractivity contribution in [2.75, 3.05) is 45.3 Å². The van der Waals surface area contributed by atoms with Crippen LogP contribution in [0.3, 0.4) is 0 Å². The quantitative estimate of drug-likeness (QED) is 0.792. The van der Waals surface area contributed by atoms with Gasteiger partial charge >= 0.3 is 0 Å². The third-order valence-corrected chi connectivity index (χ3v) is 5.72. The zero-order chi connectivity index (χ0) is 21.1. The lowest BCUT2D eigenvalue weighted by atomic mass is 10.0. The number of rotatable bonds is 6. The number of anilines is 1. The number of amides is 2. The molecule has 4 rings (SSSR count). The highest BCUT2D eigenvalue weighted by Crippen LogP contribution is 2.30. The van der Waals surface area contributed by atoms with Gasteiger partial charge in [-0.3, -0.25) is 9.59 Å². The SMILES string of the molecule is COc1ccc(OCC(=O)Nc2cc(C(=O)N3C[C@H]4COC[C@H]4C3)ccc2C)cc1. The van der Waals surface area contributed by atoms with Gasteiger partial charge in [0.25, 0.3) is 11.8 Å². The molecule has 7 nitrogen and oxygen atoms in total. The van der Waals surface area contributed by atoms with Gasteiger partial charge in [0.1, 0.15) is 11.5 Å². The molecule has 2 amide bonds. The van der Waals surface area contributed by atoms with Crippen molar-refractivity contribution in [3.63, 3.8) is 0 Å². The molecule has 1 N–H and O–H groups in total. The van der Waals surface area contributed by atoms with Crippen LogP contribution < -0.4 is 14.8 Å². The van der Waals surface area contributed by atoms with Gasteiger partial charge < -0.3 is 24.4 Å². The Hall–Kier alpha value is -3.06. The first-order valence-corrected chi connectivity index (χ1v) is 10.1. The van der Waals surface area contributed by atoms with Crippen LogP contribution in [0, 0.1) is 18.8 Å². The molecule has 2 aliphatic heterocycles. The average molecular weight is 410 g/mol. The number of carbonyl (C=O) groups excluding carboxylic acids is 2. The van der Waals surface area contributed by atoms with Gasteiger partial charge in [-0.1, -0.05) is 6.07 Å². The highest BCUT2D eigenvalue weighted by molar-refractivity contribution is 5.98. The minimum absolute atomic E-state index is 0.00520. The number of fused-ring (bicyclic) bond motifs is 1. The standard InChI is InChI=1S/C23H26N2O5/c1-15-3-4-16(23(27)25-10-17-12-29-13-18(17)11-25)9-21(15)24-22(26)14-30-20-7-5-19(28-2)6-8-20/h3-9,17-18H,10-14H2,1-2H3,(H,24,26)/t17-,18+. The number of methoxy groups -OCH3 is 1. The number of likely N-dealkylation sites (tertiary alicyclic amines) is 1. The van der Waals surface area contributed by atoms with E-state index in [1.54, 1.807) is 37.4 Å². The molecule has 2 aromatic carbocycles. The van der Waals surface area contributed by atoms with E-state index < -0.39 is 0 Å². The molecule has 2 saturated heterocycles. The first-order chi connectivity index (χ1) is 14.5. The molecule has 0 radical (unpaired) electrons. The molecule has 158 valence electrons. The Morgan fingerprint density at radius 3 is 2.40 bits per heavy atom. The van der Waals surface area contributed by atoms with Crippen molar-refractivity contribution in [2.24, 2.45) is 11.8 Å². The number of aryl methyl sites for hydroxylation is 1. The zero-order valence-corrected chi connectivity index (χ0v) is 17.2. The third-order valence-electron chi connectivity index (χ3n) is 5.72. The number of ether oxygens (including phenoxy) is 3. The second kappa shape index (κ2) is 8.75. The fraction of sp³-hybridized carbons (Fsp3) is 0.391. The number of carbonyl (C=O) groups is 2. The van der Waals surface area contributed by atoms with Crippen LogP contribution in [-0.2, 0) is 9.53 Å². The Morgan fingerprint density at radius 2 is 1.73 bits per heavy atom. The lowest BCUT2D eigenvalue weighted by molar-refractivity contribution is -0.118. The number of hydrogen-bond acceptors (Lipinski definition) is 5. The second-order valence-electron chi connectivity index (χ2n) is 7.81. The Labute approximate surface area is 175 Å². The molecule has 2 aromatic rings. The molecule has 7 heteroatoms. The van der Waals surface area contributed by atoms with Crippen molar-refractivity contribution < 1.29 is 23.8 Å². The van der Waals surface area contributed by atoms with Crippen LogP contribution in [0.25, 0.3) is 0 Å². The molecule has 0 aliphatic carbocycles. The van der Waals surface area contributed by atoms with Crippen LogP contribution in [0.1, 0.15) is 15.9 Å². The van der Waals surface area contributed by atoms with Crippen LogP contribution >= 0.6 is 0 Å². The van der Waals surface area contributed by atoms with Crippen LogP contribution in [-0.4, -0.2) is 56.7 Å². The van der Waals surface area contributed by atoms with Crippen LogP contribution in [0.4, 0.5) is 5.69 Å². The predicted octanol–water partition coefficient (Wildman–Crippen LogP) is 2.74. The van der Waals surface area contributed by atoms with Gasteiger partial charge in [0, 0.05) is 36.2 Å². The van der Waals surface area contributed by atoms with E-state index in [2.05, 4.69) is 5.32 Å². The van der Waals surface area contributed by atoms with Crippen molar-refractivity contribution in [3.05, 3.63) is 53.6 Å². The summed E-state index contributed by atoms with van der Waals surface area (Å²) in [6, 6.07) is 12.4. The highest BCUT2D eigenvalue weighted by atomic mass is 16.5. The molecule has 2 atom stereocenters. The molecular weight excluding hydrogens is 384 g/mol. The summed E-state index contributed by atoms with van der Waals surface area (Å²) in [5.74, 6) is 1.89. The molecule has 2 aliphatic rings. The summed E-state index contributed by atoms with van der Waals surface area (Å²) in [6.45, 7) is 4.70. The summed E-state index contributed by atoms with van der Waals surface area (Å²) in [6.07, 6.45) is 0.